The van der Waals surface area contributed by atoms with Crippen LogP contribution in [0.5, 0.6) is 5.75 Å². The highest BCUT2D eigenvalue weighted by molar-refractivity contribution is 7.22. The van der Waals surface area contributed by atoms with Gasteiger partial charge in [0, 0.05) is 17.8 Å². The van der Waals surface area contributed by atoms with E-state index in [-0.39, 0.29) is 23.1 Å². The van der Waals surface area contributed by atoms with E-state index in [0.717, 1.165) is 17.4 Å². The van der Waals surface area contributed by atoms with E-state index in [0.29, 0.717) is 28.3 Å². The number of carbonyl (C=O) groups excluding carboxylic acids is 1. The van der Waals surface area contributed by atoms with Gasteiger partial charge in [0.05, 0.1) is 23.5 Å². The molecule has 152 valence electrons. The predicted octanol–water partition coefficient (Wildman–Crippen LogP) is 5.22. The van der Waals surface area contributed by atoms with Crippen molar-refractivity contribution >= 4 is 32.6 Å². The SMILES string of the molecule is CCOc1ccc(C(=O)N(Cc2ccccn2)c2nc3c(F)cc(F)cc3s2)cc1. The number of carbonyl (C=O) groups is 1. The number of thiazole rings is 1. The summed E-state index contributed by atoms with van der Waals surface area (Å²) in [6.07, 6.45) is 1.63. The minimum Gasteiger partial charge on any atom is -0.494 e. The summed E-state index contributed by atoms with van der Waals surface area (Å²) in [5, 5.41) is 0.263. The smallest absolute Gasteiger partial charge is 0.260 e. The normalized spacial score (nSPS) is 10.9. The van der Waals surface area contributed by atoms with Crippen molar-refractivity contribution in [2.45, 2.75) is 13.5 Å². The Balaban J connectivity index is 1.74. The lowest BCUT2D eigenvalue weighted by molar-refractivity contribution is 0.0984. The minimum absolute atomic E-state index is 0.0296. The Hall–Kier alpha value is -3.39. The van der Waals surface area contributed by atoms with E-state index in [1.807, 2.05) is 13.0 Å². The Labute approximate surface area is 175 Å². The number of aromatic nitrogens is 2. The van der Waals surface area contributed by atoms with Crippen LogP contribution in [-0.2, 0) is 6.54 Å². The number of halogens is 2. The Kier molecular flexibility index (Phi) is 5.67. The van der Waals surface area contributed by atoms with Gasteiger partial charge in [0.2, 0.25) is 0 Å². The first-order valence-corrected chi connectivity index (χ1v) is 10.1. The molecule has 4 aromatic rings. The average Bonchev–Trinajstić information content (AvgIpc) is 3.17. The fourth-order valence-corrected chi connectivity index (χ4v) is 3.96. The number of pyridine rings is 1. The van der Waals surface area contributed by atoms with Gasteiger partial charge in [0.15, 0.2) is 10.9 Å². The lowest BCUT2D eigenvalue weighted by atomic mass is 10.2. The molecule has 0 saturated carbocycles. The van der Waals surface area contributed by atoms with Gasteiger partial charge in [0.1, 0.15) is 17.1 Å². The van der Waals surface area contributed by atoms with Crippen molar-refractivity contribution in [2.75, 3.05) is 11.5 Å². The molecule has 2 heterocycles. The van der Waals surface area contributed by atoms with Crippen LogP contribution in [0, 0.1) is 11.6 Å². The molecular formula is C22H17F2N3O2S. The van der Waals surface area contributed by atoms with E-state index in [1.165, 1.54) is 11.0 Å². The lowest BCUT2D eigenvalue weighted by Crippen LogP contribution is -2.30. The van der Waals surface area contributed by atoms with Gasteiger partial charge in [-0.25, -0.2) is 13.8 Å². The second-order valence-corrected chi connectivity index (χ2v) is 7.41. The first-order chi connectivity index (χ1) is 14.5. The molecule has 0 atom stereocenters. The fraction of sp³-hybridized carbons (Fsp3) is 0.136. The van der Waals surface area contributed by atoms with Gasteiger partial charge in [-0.2, -0.15) is 0 Å². The Bertz CT molecular complexity index is 1180. The number of rotatable bonds is 6. The summed E-state index contributed by atoms with van der Waals surface area (Å²) in [6, 6.07) is 14.1. The molecule has 30 heavy (non-hydrogen) atoms. The quantitative estimate of drug-likeness (QED) is 0.425. The summed E-state index contributed by atoms with van der Waals surface area (Å²) in [5.41, 5.74) is 1.09. The van der Waals surface area contributed by atoms with Crippen molar-refractivity contribution in [1.29, 1.82) is 0 Å². The molecule has 8 heteroatoms. The highest BCUT2D eigenvalue weighted by Gasteiger charge is 2.23. The number of hydrogen-bond donors (Lipinski definition) is 0. The Morgan fingerprint density at radius 3 is 2.63 bits per heavy atom. The van der Waals surface area contributed by atoms with Crippen molar-refractivity contribution < 1.29 is 18.3 Å². The molecule has 2 aromatic carbocycles. The number of fused-ring (bicyclic) bond motifs is 1. The molecule has 2 aromatic heterocycles. The van der Waals surface area contributed by atoms with E-state index in [2.05, 4.69) is 9.97 Å². The maximum Gasteiger partial charge on any atom is 0.260 e. The van der Waals surface area contributed by atoms with Crippen molar-refractivity contribution in [2.24, 2.45) is 0 Å². The molecule has 0 spiro atoms. The minimum atomic E-state index is -0.765. The summed E-state index contributed by atoms with van der Waals surface area (Å²) < 4.78 is 33.5. The van der Waals surface area contributed by atoms with Crippen LogP contribution < -0.4 is 9.64 Å². The second-order valence-electron chi connectivity index (χ2n) is 6.40. The van der Waals surface area contributed by atoms with Gasteiger partial charge in [-0.3, -0.25) is 14.7 Å². The molecule has 0 aliphatic heterocycles. The number of nitrogens with zero attached hydrogens (tertiary/aromatic N) is 3. The summed E-state index contributed by atoms with van der Waals surface area (Å²) in [5.74, 6) is -1.13. The van der Waals surface area contributed by atoms with E-state index >= 15 is 0 Å². The molecule has 1 amide bonds. The first-order valence-electron chi connectivity index (χ1n) is 9.25. The second kappa shape index (κ2) is 8.54. The molecule has 0 radical (unpaired) electrons. The largest absolute Gasteiger partial charge is 0.494 e. The number of anilines is 1. The van der Waals surface area contributed by atoms with E-state index in [4.69, 9.17) is 4.74 Å². The molecule has 0 saturated heterocycles. The third-order valence-corrected chi connectivity index (χ3v) is 5.36. The Morgan fingerprint density at radius 2 is 1.93 bits per heavy atom. The van der Waals surface area contributed by atoms with Crippen LogP contribution in [0.1, 0.15) is 23.0 Å². The maximum absolute atomic E-state index is 14.2. The van der Waals surface area contributed by atoms with E-state index < -0.39 is 11.6 Å². The molecule has 5 nitrogen and oxygen atoms in total. The summed E-state index contributed by atoms with van der Waals surface area (Å²) in [4.78, 5) is 23.3. The molecule has 0 aliphatic rings. The zero-order valence-corrected chi connectivity index (χ0v) is 16.8. The third-order valence-electron chi connectivity index (χ3n) is 4.34. The topological polar surface area (TPSA) is 55.3 Å². The van der Waals surface area contributed by atoms with Crippen LogP contribution in [0.15, 0.2) is 60.8 Å². The van der Waals surface area contributed by atoms with Gasteiger partial charge in [-0.15, -0.1) is 0 Å². The number of benzene rings is 2. The standard InChI is InChI=1S/C22H17F2N3O2S/c1-2-29-17-8-6-14(7-9-17)21(28)27(13-16-5-3-4-10-25-16)22-26-20-18(24)11-15(23)12-19(20)30-22/h3-12H,2,13H2,1H3. The first kappa shape index (κ1) is 19.9. The van der Waals surface area contributed by atoms with Crippen molar-refractivity contribution in [3.8, 4) is 5.75 Å². The van der Waals surface area contributed by atoms with Crippen LogP contribution in [0.25, 0.3) is 10.2 Å². The maximum atomic E-state index is 14.2. The molecule has 4 rings (SSSR count). The average molecular weight is 425 g/mol. The molecular weight excluding hydrogens is 408 g/mol. The van der Waals surface area contributed by atoms with Crippen molar-refractivity contribution in [3.05, 3.63) is 83.7 Å². The van der Waals surface area contributed by atoms with Gasteiger partial charge in [-0.1, -0.05) is 17.4 Å². The Morgan fingerprint density at radius 1 is 1.13 bits per heavy atom. The highest BCUT2D eigenvalue weighted by Crippen LogP contribution is 2.32. The van der Waals surface area contributed by atoms with Crippen LogP contribution >= 0.6 is 11.3 Å². The highest BCUT2D eigenvalue weighted by atomic mass is 32.1. The zero-order valence-electron chi connectivity index (χ0n) is 16.0. The van der Waals surface area contributed by atoms with Crippen molar-refractivity contribution in [3.63, 3.8) is 0 Å². The predicted molar refractivity (Wildman–Crippen MR) is 112 cm³/mol. The summed E-state index contributed by atoms with van der Waals surface area (Å²) >= 11 is 1.05. The van der Waals surface area contributed by atoms with Gasteiger partial charge in [0.25, 0.3) is 5.91 Å². The van der Waals surface area contributed by atoms with Crippen LogP contribution in [0.4, 0.5) is 13.9 Å². The van der Waals surface area contributed by atoms with E-state index in [9.17, 15) is 13.6 Å². The number of amides is 1. The summed E-state index contributed by atoms with van der Waals surface area (Å²) in [6.45, 7) is 2.53. The number of ether oxygens (including phenoxy) is 1. The van der Waals surface area contributed by atoms with E-state index in [1.54, 1.807) is 42.6 Å². The third kappa shape index (κ3) is 4.13. The molecule has 0 aliphatic carbocycles. The lowest BCUT2D eigenvalue weighted by Gasteiger charge is -2.19. The van der Waals surface area contributed by atoms with Crippen LogP contribution in [-0.4, -0.2) is 22.5 Å². The zero-order chi connectivity index (χ0) is 21.1. The van der Waals surface area contributed by atoms with Gasteiger partial charge < -0.3 is 4.74 Å². The molecule has 0 fully saturated rings. The van der Waals surface area contributed by atoms with Gasteiger partial charge in [-0.05, 0) is 49.4 Å². The molecule has 0 N–H and O–H groups in total. The molecule has 0 unspecified atom stereocenters. The summed E-state index contributed by atoms with van der Waals surface area (Å²) in [7, 11) is 0. The number of hydrogen-bond acceptors (Lipinski definition) is 5. The van der Waals surface area contributed by atoms with Crippen LogP contribution in [0.2, 0.25) is 0 Å². The monoisotopic (exact) mass is 425 g/mol. The van der Waals surface area contributed by atoms with Gasteiger partial charge >= 0.3 is 0 Å². The van der Waals surface area contributed by atoms with Crippen molar-refractivity contribution in [1.82, 2.24) is 9.97 Å². The molecule has 0 bridgehead atoms. The fourth-order valence-electron chi connectivity index (χ4n) is 2.96. The van der Waals surface area contributed by atoms with Crippen LogP contribution in [0.3, 0.4) is 0 Å².